The number of nitrogens with one attached hydrogen (secondary N) is 1. The van der Waals surface area contributed by atoms with Gasteiger partial charge in [0.05, 0.1) is 0 Å². The molecule has 0 saturated carbocycles. The van der Waals surface area contributed by atoms with E-state index in [2.05, 4.69) is 56.9 Å². The highest BCUT2D eigenvalue weighted by Crippen LogP contribution is 2.11. The molecule has 0 aliphatic carbocycles. The van der Waals surface area contributed by atoms with Gasteiger partial charge in [0.15, 0.2) is 0 Å². The molecule has 0 aromatic heterocycles. The molecule has 0 aliphatic rings. The number of hydrogen-bond donors (Lipinski definition) is 1. The Hall–Kier alpha value is -0.120. The fourth-order valence-electron chi connectivity index (χ4n) is 2.56. The van der Waals surface area contributed by atoms with Crippen molar-refractivity contribution in [2.45, 2.75) is 52.6 Å². The molecule has 3 nitrogen and oxygen atoms in total. The molecule has 1 N–H and O–H groups in total. The van der Waals surface area contributed by atoms with Gasteiger partial charge >= 0.3 is 0 Å². The SMILES string of the molecule is CCNCCCC(C)N(CC)C(C)CN(C)C. The van der Waals surface area contributed by atoms with Crippen LogP contribution in [0.2, 0.25) is 0 Å². The van der Waals surface area contributed by atoms with Crippen LogP contribution in [0.5, 0.6) is 0 Å². The van der Waals surface area contributed by atoms with Gasteiger partial charge in [-0.15, -0.1) is 0 Å². The van der Waals surface area contributed by atoms with Gasteiger partial charge in [0.25, 0.3) is 0 Å². The average molecular weight is 243 g/mol. The van der Waals surface area contributed by atoms with Crippen LogP contribution < -0.4 is 5.32 Å². The second kappa shape index (κ2) is 9.86. The van der Waals surface area contributed by atoms with Crippen LogP contribution >= 0.6 is 0 Å². The fraction of sp³-hybridized carbons (Fsp3) is 1.00. The Morgan fingerprint density at radius 2 is 1.71 bits per heavy atom. The lowest BCUT2D eigenvalue weighted by atomic mass is 10.1. The van der Waals surface area contributed by atoms with Crippen LogP contribution in [-0.2, 0) is 0 Å². The van der Waals surface area contributed by atoms with E-state index in [0.29, 0.717) is 12.1 Å². The Kier molecular flexibility index (Phi) is 9.79. The van der Waals surface area contributed by atoms with Crippen molar-refractivity contribution in [2.75, 3.05) is 40.3 Å². The molecule has 0 fully saturated rings. The van der Waals surface area contributed by atoms with Gasteiger partial charge in [-0.2, -0.15) is 0 Å². The van der Waals surface area contributed by atoms with Crippen LogP contribution in [0.1, 0.15) is 40.5 Å². The minimum absolute atomic E-state index is 0.643. The summed E-state index contributed by atoms with van der Waals surface area (Å²) in [7, 11) is 4.31. The molecule has 0 radical (unpaired) electrons. The van der Waals surface area contributed by atoms with E-state index < -0.39 is 0 Å². The molecule has 0 amide bonds. The Labute approximate surface area is 109 Å². The van der Waals surface area contributed by atoms with E-state index in [-0.39, 0.29) is 0 Å². The van der Waals surface area contributed by atoms with E-state index in [1.54, 1.807) is 0 Å². The average Bonchev–Trinajstić information content (AvgIpc) is 2.24. The third kappa shape index (κ3) is 7.74. The van der Waals surface area contributed by atoms with Crippen molar-refractivity contribution in [1.82, 2.24) is 15.1 Å². The fourth-order valence-corrected chi connectivity index (χ4v) is 2.56. The smallest absolute Gasteiger partial charge is 0.0197 e. The molecule has 0 rings (SSSR count). The van der Waals surface area contributed by atoms with Gasteiger partial charge in [0.1, 0.15) is 0 Å². The van der Waals surface area contributed by atoms with Crippen molar-refractivity contribution >= 4 is 0 Å². The first-order valence-electron chi connectivity index (χ1n) is 7.14. The van der Waals surface area contributed by atoms with Crippen LogP contribution in [0.25, 0.3) is 0 Å². The highest BCUT2D eigenvalue weighted by atomic mass is 15.2. The third-order valence-corrected chi connectivity index (χ3v) is 3.35. The number of nitrogens with zero attached hydrogens (tertiary/aromatic N) is 2. The summed E-state index contributed by atoms with van der Waals surface area (Å²) in [4.78, 5) is 4.89. The first-order chi connectivity index (χ1) is 8.02. The standard InChI is InChI=1S/C14H33N3/c1-7-15-11-9-10-13(3)17(8-2)14(4)12-16(5)6/h13-15H,7-12H2,1-6H3. The predicted molar refractivity (Wildman–Crippen MR) is 77.6 cm³/mol. The predicted octanol–water partition coefficient (Wildman–Crippen LogP) is 2.04. The van der Waals surface area contributed by atoms with E-state index >= 15 is 0 Å². The summed E-state index contributed by atoms with van der Waals surface area (Å²) in [6.07, 6.45) is 2.57. The third-order valence-electron chi connectivity index (χ3n) is 3.35. The molecule has 104 valence electrons. The van der Waals surface area contributed by atoms with Gasteiger partial charge in [0, 0.05) is 18.6 Å². The topological polar surface area (TPSA) is 18.5 Å². The maximum Gasteiger partial charge on any atom is 0.0197 e. The van der Waals surface area contributed by atoms with E-state index in [1.807, 2.05) is 0 Å². The number of hydrogen-bond acceptors (Lipinski definition) is 3. The largest absolute Gasteiger partial charge is 0.317 e. The lowest BCUT2D eigenvalue weighted by Gasteiger charge is -2.35. The van der Waals surface area contributed by atoms with Gasteiger partial charge in [-0.05, 0) is 60.4 Å². The first-order valence-corrected chi connectivity index (χ1v) is 7.14. The molecular weight excluding hydrogens is 210 g/mol. The number of likely N-dealkylation sites (N-methyl/N-ethyl adjacent to an activating group) is 2. The zero-order chi connectivity index (χ0) is 13.3. The molecule has 0 aromatic carbocycles. The first kappa shape index (κ1) is 16.9. The van der Waals surface area contributed by atoms with Crippen LogP contribution in [-0.4, -0.2) is 62.2 Å². The van der Waals surface area contributed by atoms with Gasteiger partial charge in [-0.25, -0.2) is 0 Å². The second-order valence-corrected chi connectivity index (χ2v) is 5.29. The van der Waals surface area contributed by atoms with E-state index in [1.165, 1.54) is 12.8 Å². The highest BCUT2D eigenvalue weighted by Gasteiger charge is 2.18. The Balaban J connectivity index is 3.97. The highest BCUT2D eigenvalue weighted by molar-refractivity contribution is 4.74. The Bertz CT molecular complexity index is 171. The van der Waals surface area contributed by atoms with Crippen molar-refractivity contribution in [2.24, 2.45) is 0 Å². The molecule has 17 heavy (non-hydrogen) atoms. The van der Waals surface area contributed by atoms with E-state index in [0.717, 1.165) is 26.2 Å². The normalized spacial score (nSPS) is 15.5. The van der Waals surface area contributed by atoms with E-state index in [4.69, 9.17) is 0 Å². The maximum atomic E-state index is 3.40. The Morgan fingerprint density at radius 1 is 1.06 bits per heavy atom. The summed E-state index contributed by atoms with van der Waals surface area (Å²) in [5.41, 5.74) is 0. The quantitative estimate of drug-likeness (QED) is 0.592. The molecule has 0 aromatic rings. The lowest BCUT2D eigenvalue weighted by molar-refractivity contribution is 0.129. The number of rotatable bonds is 10. The Morgan fingerprint density at radius 3 is 2.18 bits per heavy atom. The van der Waals surface area contributed by atoms with Crippen LogP contribution in [0.15, 0.2) is 0 Å². The summed E-state index contributed by atoms with van der Waals surface area (Å²) >= 11 is 0. The van der Waals surface area contributed by atoms with E-state index in [9.17, 15) is 0 Å². The molecule has 0 bridgehead atoms. The zero-order valence-electron chi connectivity index (χ0n) is 12.8. The van der Waals surface area contributed by atoms with Gasteiger partial charge in [-0.1, -0.05) is 13.8 Å². The van der Waals surface area contributed by atoms with Crippen molar-refractivity contribution in [1.29, 1.82) is 0 Å². The monoisotopic (exact) mass is 243 g/mol. The molecule has 0 spiro atoms. The summed E-state index contributed by atoms with van der Waals surface area (Å²) in [5.74, 6) is 0. The van der Waals surface area contributed by atoms with Crippen molar-refractivity contribution in [3.63, 3.8) is 0 Å². The molecule has 2 unspecified atom stereocenters. The summed E-state index contributed by atoms with van der Waals surface area (Å²) in [6, 6.07) is 1.33. The molecule has 0 saturated heterocycles. The van der Waals surface area contributed by atoms with Crippen LogP contribution in [0.3, 0.4) is 0 Å². The van der Waals surface area contributed by atoms with Crippen molar-refractivity contribution < 1.29 is 0 Å². The molecule has 0 heterocycles. The minimum Gasteiger partial charge on any atom is -0.317 e. The molecule has 3 heteroatoms. The van der Waals surface area contributed by atoms with Crippen LogP contribution in [0.4, 0.5) is 0 Å². The second-order valence-electron chi connectivity index (χ2n) is 5.29. The van der Waals surface area contributed by atoms with Crippen molar-refractivity contribution in [3.8, 4) is 0 Å². The molecular formula is C14H33N3. The summed E-state index contributed by atoms with van der Waals surface area (Å²) < 4.78 is 0. The molecule has 0 aliphatic heterocycles. The lowest BCUT2D eigenvalue weighted by Crippen LogP contribution is -2.45. The van der Waals surface area contributed by atoms with Gasteiger partial charge in [0.2, 0.25) is 0 Å². The van der Waals surface area contributed by atoms with Crippen LogP contribution in [0, 0.1) is 0 Å². The maximum absolute atomic E-state index is 3.40. The van der Waals surface area contributed by atoms with Crippen molar-refractivity contribution in [3.05, 3.63) is 0 Å². The summed E-state index contributed by atoms with van der Waals surface area (Å²) in [6.45, 7) is 13.7. The summed E-state index contributed by atoms with van der Waals surface area (Å²) in [5, 5.41) is 3.40. The van der Waals surface area contributed by atoms with Gasteiger partial charge in [-0.3, -0.25) is 4.90 Å². The zero-order valence-corrected chi connectivity index (χ0v) is 12.8. The molecule has 2 atom stereocenters. The van der Waals surface area contributed by atoms with Gasteiger partial charge < -0.3 is 10.2 Å². The minimum atomic E-state index is 0.643.